The molecule has 1 saturated heterocycles. The molecule has 5 nitrogen and oxygen atoms in total. The maximum absolute atomic E-state index is 12.6. The predicted octanol–water partition coefficient (Wildman–Crippen LogP) is 5.17. The van der Waals surface area contributed by atoms with E-state index in [1.54, 1.807) is 13.2 Å². The molecule has 0 atom stereocenters. The molecule has 5 heteroatoms. The second-order valence-corrected chi connectivity index (χ2v) is 9.73. The van der Waals surface area contributed by atoms with Crippen LogP contribution in [0.5, 0.6) is 5.75 Å². The summed E-state index contributed by atoms with van der Waals surface area (Å²) in [6.07, 6.45) is 4.58. The summed E-state index contributed by atoms with van der Waals surface area (Å²) in [5.41, 5.74) is 3.23. The Morgan fingerprint density at radius 2 is 1.71 bits per heavy atom. The summed E-state index contributed by atoms with van der Waals surface area (Å²) in [6, 6.07) is 21.0. The Morgan fingerprint density at radius 1 is 0.941 bits per heavy atom. The molecule has 0 spiro atoms. The zero-order valence-electron chi connectivity index (χ0n) is 20.0. The molecule has 0 radical (unpaired) electrons. The topological polar surface area (TPSA) is 50.8 Å². The summed E-state index contributed by atoms with van der Waals surface area (Å²) >= 11 is 0. The minimum Gasteiger partial charge on any atom is -0.497 e. The molecule has 5 rings (SSSR count). The molecule has 2 fully saturated rings. The lowest BCUT2D eigenvalue weighted by atomic mass is 10.0. The fraction of sp³-hybridized carbons (Fsp3) is 0.414. The highest BCUT2D eigenvalue weighted by Crippen LogP contribution is 2.29. The van der Waals surface area contributed by atoms with E-state index in [2.05, 4.69) is 46.6 Å². The van der Waals surface area contributed by atoms with Crippen molar-refractivity contribution in [1.82, 2.24) is 10.2 Å². The highest BCUT2D eigenvalue weighted by Gasteiger charge is 2.22. The van der Waals surface area contributed by atoms with Crippen molar-refractivity contribution in [3.05, 3.63) is 77.4 Å². The summed E-state index contributed by atoms with van der Waals surface area (Å²) in [7, 11) is 1.62. The van der Waals surface area contributed by atoms with Crippen LogP contribution in [0.15, 0.2) is 60.7 Å². The van der Waals surface area contributed by atoms with Gasteiger partial charge in [-0.3, -0.25) is 9.69 Å². The van der Waals surface area contributed by atoms with Gasteiger partial charge in [0.05, 0.1) is 13.7 Å². The quantitative estimate of drug-likeness (QED) is 0.481. The number of hydrogen-bond donors (Lipinski definition) is 1. The van der Waals surface area contributed by atoms with Gasteiger partial charge in [0, 0.05) is 37.8 Å². The molecule has 34 heavy (non-hydrogen) atoms. The molecule has 178 valence electrons. The minimum atomic E-state index is -0.0243. The predicted molar refractivity (Wildman–Crippen MR) is 135 cm³/mol. The molecule has 1 saturated carbocycles. The Hall–Kier alpha value is -2.89. The van der Waals surface area contributed by atoms with Crippen molar-refractivity contribution in [3.8, 4) is 5.75 Å². The number of rotatable bonds is 9. The van der Waals surface area contributed by atoms with Crippen LogP contribution in [-0.4, -0.2) is 43.7 Å². The third-order valence-electron chi connectivity index (χ3n) is 6.95. The van der Waals surface area contributed by atoms with Gasteiger partial charge in [-0.25, -0.2) is 0 Å². The molecule has 0 bridgehead atoms. The number of nitrogens with one attached hydrogen (secondary N) is 1. The number of hydrogen-bond acceptors (Lipinski definition) is 4. The minimum absolute atomic E-state index is 0.0243. The fourth-order valence-electron chi connectivity index (χ4n) is 4.69. The van der Waals surface area contributed by atoms with Crippen LogP contribution in [0.1, 0.15) is 47.2 Å². The lowest BCUT2D eigenvalue weighted by Gasteiger charge is -2.32. The number of amides is 1. The van der Waals surface area contributed by atoms with Crippen LogP contribution in [0.25, 0.3) is 10.8 Å². The summed E-state index contributed by atoms with van der Waals surface area (Å²) in [5, 5.41) is 5.75. The number of ether oxygens (including phenoxy) is 2. The van der Waals surface area contributed by atoms with Crippen molar-refractivity contribution < 1.29 is 14.3 Å². The van der Waals surface area contributed by atoms with E-state index in [9.17, 15) is 4.79 Å². The molecular weight excluding hydrogens is 424 g/mol. The number of benzene rings is 3. The summed E-state index contributed by atoms with van der Waals surface area (Å²) in [5.74, 6) is 1.48. The molecular formula is C29H34N2O3. The molecule has 1 heterocycles. The highest BCUT2D eigenvalue weighted by molar-refractivity contribution is 5.94. The number of fused-ring (bicyclic) bond motifs is 1. The number of carbonyl (C=O) groups is 1. The van der Waals surface area contributed by atoms with Gasteiger partial charge in [0.15, 0.2) is 0 Å². The molecule has 3 aromatic rings. The smallest absolute Gasteiger partial charge is 0.251 e. The van der Waals surface area contributed by atoms with Gasteiger partial charge in [0.25, 0.3) is 5.91 Å². The Balaban J connectivity index is 1.13. The van der Waals surface area contributed by atoms with E-state index in [4.69, 9.17) is 9.47 Å². The third-order valence-corrected chi connectivity index (χ3v) is 6.95. The van der Waals surface area contributed by atoms with Crippen molar-refractivity contribution in [1.29, 1.82) is 0 Å². The van der Waals surface area contributed by atoms with E-state index in [0.29, 0.717) is 17.9 Å². The van der Waals surface area contributed by atoms with Gasteiger partial charge in [-0.1, -0.05) is 30.3 Å². The van der Waals surface area contributed by atoms with Crippen LogP contribution >= 0.6 is 0 Å². The zero-order chi connectivity index (χ0) is 23.3. The van der Waals surface area contributed by atoms with Crippen LogP contribution in [0, 0.1) is 5.92 Å². The maximum atomic E-state index is 12.6. The van der Waals surface area contributed by atoms with E-state index < -0.39 is 0 Å². The van der Waals surface area contributed by atoms with Crippen molar-refractivity contribution in [3.63, 3.8) is 0 Å². The standard InChI is InChI=1S/C29H34N2O3/c1-33-28-4-2-3-25(17-28)29(32)30-27-11-13-31(14-12-27)18-22-7-9-24-10-8-23(16-26(24)15-22)20-34-19-21-5-6-21/h2-4,7-10,15-17,21,27H,5-6,11-14,18-20H2,1H3,(H,30,32). The number of carbonyl (C=O) groups excluding carboxylic acids is 1. The van der Waals surface area contributed by atoms with Gasteiger partial charge in [0.1, 0.15) is 5.75 Å². The number of piperidine rings is 1. The largest absolute Gasteiger partial charge is 0.497 e. The van der Waals surface area contributed by atoms with E-state index in [0.717, 1.165) is 45.0 Å². The van der Waals surface area contributed by atoms with Crippen LogP contribution in [-0.2, 0) is 17.9 Å². The van der Waals surface area contributed by atoms with E-state index >= 15 is 0 Å². The lowest BCUT2D eigenvalue weighted by Crippen LogP contribution is -2.44. The average Bonchev–Trinajstić information content (AvgIpc) is 3.69. The summed E-state index contributed by atoms with van der Waals surface area (Å²) < 4.78 is 11.1. The van der Waals surface area contributed by atoms with Gasteiger partial charge in [0.2, 0.25) is 0 Å². The molecule has 0 aromatic heterocycles. The molecule has 1 aliphatic heterocycles. The summed E-state index contributed by atoms with van der Waals surface area (Å²) in [4.78, 5) is 15.1. The van der Waals surface area contributed by atoms with Crippen molar-refractivity contribution in [2.45, 2.75) is 44.9 Å². The van der Waals surface area contributed by atoms with Crippen molar-refractivity contribution in [2.24, 2.45) is 5.92 Å². The van der Waals surface area contributed by atoms with Crippen molar-refractivity contribution >= 4 is 16.7 Å². The molecule has 1 aliphatic carbocycles. The van der Waals surface area contributed by atoms with Crippen LogP contribution < -0.4 is 10.1 Å². The summed E-state index contributed by atoms with van der Waals surface area (Å²) in [6.45, 7) is 4.50. The van der Waals surface area contributed by atoms with Crippen LogP contribution in [0.2, 0.25) is 0 Å². The van der Waals surface area contributed by atoms with Gasteiger partial charge in [-0.2, -0.15) is 0 Å². The number of likely N-dealkylation sites (tertiary alicyclic amines) is 1. The first-order valence-corrected chi connectivity index (χ1v) is 12.4. The zero-order valence-corrected chi connectivity index (χ0v) is 20.0. The lowest BCUT2D eigenvalue weighted by molar-refractivity contribution is 0.0908. The first-order chi connectivity index (χ1) is 16.7. The van der Waals surface area contributed by atoms with Gasteiger partial charge in [-0.05, 0) is 83.8 Å². The molecule has 2 aliphatic rings. The van der Waals surface area contributed by atoms with Gasteiger partial charge in [-0.15, -0.1) is 0 Å². The Morgan fingerprint density at radius 3 is 2.47 bits per heavy atom. The molecule has 1 amide bonds. The fourth-order valence-corrected chi connectivity index (χ4v) is 4.69. The van der Waals surface area contributed by atoms with Crippen molar-refractivity contribution in [2.75, 3.05) is 26.8 Å². The molecule has 3 aromatic carbocycles. The molecule has 0 unspecified atom stereocenters. The normalized spacial score (nSPS) is 17.1. The third kappa shape index (κ3) is 5.96. The Kier molecular flexibility index (Phi) is 7.12. The van der Waals surface area contributed by atoms with E-state index in [1.165, 1.54) is 34.7 Å². The second kappa shape index (κ2) is 10.6. The first-order valence-electron chi connectivity index (χ1n) is 12.4. The SMILES string of the molecule is COc1cccc(C(=O)NC2CCN(Cc3ccc4ccc(COCC5CC5)cc4c3)CC2)c1. The Labute approximate surface area is 202 Å². The number of methoxy groups -OCH3 is 1. The monoisotopic (exact) mass is 458 g/mol. The molecule has 1 N–H and O–H groups in total. The van der Waals surface area contributed by atoms with Gasteiger partial charge >= 0.3 is 0 Å². The highest BCUT2D eigenvalue weighted by atomic mass is 16.5. The van der Waals surface area contributed by atoms with E-state index in [-0.39, 0.29) is 11.9 Å². The average molecular weight is 459 g/mol. The first kappa shape index (κ1) is 22.9. The second-order valence-electron chi connectivity index (χ2n) is 9.73. The maximum Gasteiger partial charge on any atom is 0.251 e. The van der Waals surface area contributed by atoms with Gasteiger partial charge < -0.3 is 14.8 Å². The number of nitrogens with zero attached hydrogens (tertiary/aromatic N) is 1. The van der Waals surface area contributed by atoms with Crippen LogP contribution in [0.4, 0.5) is 0 Å². The van der Waals surface area contributed by atoms with Crippen LogP contribution in [0.3, 0.4) is 0 Å². The van der Waals surface area contributed by atoms with E-state index in [1.807, 2.05) is 18.2 Å². The Bertz CT molecular complexity index is 1130.